The normalized spacial score (nSPS) is 22.4. The molecule has 3 rings (SSSR count). The third-order valence-corrected chi connectivity index (χ3v) is 5.48. The summed E-state index contributed by atoms with van der Waals surface area (Å²) in [5.41, 5.74) is -0.382. The van der Waals surface area contributed by atoms with E-state index < -0.39 is 5.60 Å². The number of carbonyl (C=O) groups excluding carboxylic acids is 1. The number of carbonyl (C=O) groups is 1. The molecule has 0 radical (unpaired) electrons. The Morgan fingerprint density at radius 2 is 2.08 bits per heavy atom. The van der Waals surface area contributed by atoms with E-state index in [-0.39, 0.29) is 22.8 Å². The lowest BCUT2D eigenvalue weighted by Gasteiger charge is -2.36. The van der Waals surface area contributed by atoms with E-state index in [0.29, 0.717) is 6.54 Å². The van der Waals surface area contributed by atoms with E-state index in [1.165, 1.54) is 12.8 Å². The van der Waals surface area contributed by atoms with Crippen molar-refractivity contribution >= 4 is 23.5 Å². The van der Waals surface area contributed by atoms with Gasteiger partial charge in [0, 0.05) is 31.7 Å². The molecule has 25 heavy (non-hydrogen) atoms. The Hall–Kier alpha value is -1.56. The van der Waals surface area contributed by atoms with Crippen LogP contribution < -0.4 is 4.90 Å². The predicted octanol–water partition coefficient (Wildman–Crippen LogP) is 3.75. The molecule has 1 spiro atoms. The number of ether oxygens (including phenoxy) is 1. The van der Waals surface area contributed by atoms with Gasteiger partial charge >= 0.3 is 6.09 Å². The number of halogens is 1. The topological polar surface area (TPSA) is 58.6 Å². The van der Waals surface area contributed by atoms with Crippen molar-refractivity contribution in [3.8, 4) is 0 Å². The van der Waals surface area contributed by atoms with Gasteiger partial charge in [0.15, 0.2) is 0 Å². The van der Waals surface area contributed by atoms with Gasteiger partial charge in [0.2, 0.25) is 5.28 Å². The van der Waals surface area contributed by atoms with Gasteiger partial charge in [-0.2, -0.15) is 0 Å². The van der Waals surface area contributed by atoms with E-state index in [0.717, 1.165) is 25.2 Å². The van der Waals surface area contributed by atoms with Gasteiger partial charge in [-0.25, -0.2) is 14.8 Å². The largest absolute Gasteiger partial charge is 0.444 e. The molecular weight excluding hydrogens is 340 g/mol. The molecule has 1 aliphatic carbocycles. The van der Waals surface area contributed by atoms with Gasteiger partial charge in [-0.3, -0.25) is 0 Å². The molecule has 2 heterocycles. The lowest BCUT2D eigenvalue weighted by molar-refractivity contribution is 0.0273. The molecule has 6 nitrogen and oxygen atoms in total. The summed E-state index contributed by atoms with van der Waals surface area (Å²) in [6.45, 7) is 7.10. The molecular formula is C18H27ClN4O2. The van der Waals surface area contributed by atoms with Gasteiger partial charge in [0.05, 0.1) is 6.04 Å². The Morgan fingerprint density at radius 1 is 1.40 bits per heavy atom. The molecule has 1 atom stereocenters. The van der Waals surface area contributed by atoms with Crippen LogP contribution in [0.2, 0.25) is 5.28 Å². The van der Waals surface area contributed by atoms with E-state index in [9.17, 15) is 4.79 Å². The van der Waals surface area contributed by atoms with Crippen LogP contribution in [-0.2, 0) is 4.74 Å². The average Bonchev–Trinajstić information content (AvgIpc) is 3.13. The quantitative estimate of drug-likeness (QED) is 0.746. The maximum Gasteiger partial charge on any atom is 0.410 e. The fraction of sp³-hybridized carbons (Fsp3) is 0.722. The fourth-order valence-corrected chi connectivity index (χ4v) is 4.35. The van der Waals surface area contributed by atoms with Crippen molar-refractivity contribution in [2.24, 2.45) is 5.41 Å². The zero-order valence-corrected chi connectivity index (χ0v) is 16.2. The maximum absolute atomic E-state index is 12.6. The molecule has 1 saturated carbocycles. The zero-order valence-electron chi connectivity index (χ0n) is 15.5. The average molecular weight is 367 g/mol. The number of rotatable bonds is 2. The number of likely N-dealkylation sites (tertiary alicyclic amines) is 1. The van der Waals surface area contributed by atoms with Gasteiger partial charge in [0.25, 0.3) is 0 Å². The Morgan fingerprint density at radius 3 is 2.68 bits per heavy atom. The number of amides is 1. The lowest BCUT2D eigenvalue weighted by Crippen LogP contribution is -2.44. The first-order chi connectivity index (χ1) is 11.7. The number of anilines is 1. The Balaban J connectivity index is 1.83. The van der Waals surface area contributed by atoms with Gasteiger partial charge in [0.1, 0.15) is 11.4 Å². The molecule has 1 aromatic rings. The van der Waals surface area contributed by atoms with Gasteiger partial charge in [-0.1, -0.05) is 12.8 Å². The Labute approximate surface area is 154 Å². The number of nitrogens with zero attached hydrogens (tertiary/aromatic N) is 4. The highest BCUT2D eigenvalue weighted by atomic mass is 35.5. The number of likely N-dealkylation sites (N-methyl/N-ethyl adjacent to an activating group) is 1. The summed E-state index contributed by atoms with van der Waals surface area (Å²) in [4.78, 5) is 24.9. The standard InChI is InChI=1S/C18H27ClN4O2/c1-17(2,3)25-16(24)23-11-13(18(12-23)8-5-6-9-18)22(4)14-7-10-20-15(19)21-14/h7,10,13H,5-6,8-9,11-12H2,1-4H3. The first-order valence-electron chi connectivity index (χ1n) is 8.90. The van der Waals surface area contributed by atoms with Crippen LogP contribution >= 0.6 is 11.6 Å². The molecule has 138 valence electrons. The van der Waals surface area contributed by atoms with Crippen molar-refractivity contribution < 1.29 is 9.53 Å². The van der Waals surface area contributed by atoms with Crippen molar-refractivity contribution in [1.82, 2.24) is 14.9 Å². The molecule has 7 heteroatoms. The van der Waals surface area contributed by atoms with Crippen LogP contribution in [0.15, 0.2) is 12.3 Å². The lowest BCUT2D eigenvalue weighted by atomic mass is 9.80. The molecule has 1 aromatic heterocycles. The van der Waals surface area contributed by atoms with Crippen molar-refractivity contribution in [2.75, 3.05) is 25.0 Å². The van der Waals surface area contributed by atoms with Crippen molar-refractivity contribution in [1.29, 1.82) is 0 Å². The van der Waals surface area contributed by atoms with Crippen LogP contribution in [0.25, 0.3) is 0 Å². The first kappa shape index (κ1) is 18.2. The third kappa shape index (κ3) is 3.84. The summed E-state index contributed by atoms with van der Waals surface area (Å²) in [7, 11) is 2.03. The summed E-state index contributed by atoms with van der Waals surface area (Å²) < 4.78 is 5.60. The third-order valence-electron chi connectivity index (χ3n) is 5.30. The highest BCUT2D eigenvalue weighted by Crippen LogP contribution is 2.48. The molecule has 2 fully saturated rings. The number of hydrogen-bond acceptors (Lipinski definition) is 5. The van der Waals surface area contributed by atoms with Crippen LogP contribution in [0.5, 0.6) is 0 Å². The predicted molar refractivity (Wildman–Crippen MR) is 97.9 cm³/mol. The Kier molecular flexibility index (Phi) is 4.84. The molecule has 0 bridgehead atoms. The summed E-state index contributed by atoms with van der Waals surface area (Å²) in [5, 5.41) is 0.242. The van der Waals surface area contributed by atoms with E-state index >= 15 is 0 Å². The minimum Gasteiger partial charge on any atom is -0.444 e. The SMILES string of the molecule is CN(c1ccnc(Cl)n1)C1CN(C(=O)OC(C)(C)C)CC12CCCC2. The second-order valence-electron chi connectivity index (χ2n) is 8.24. The zero-order chi connectivity index (χ0) is 18.2. The van der Waals surface area contributed by atoms with Gasteiger partial charge in [-0.05, 0) is 51.3 Å². The van der Waals surface area contributed by atoms with Crippen LogP contribution in [-0.4, -0.2) is 52.7 Å². The molecule has 2 aliphatic rings. The van der Waals surface area contributed by atoms with Crippen molar-refractivity contribution in [3.63, 3.8) is 0 Å². The monoisotopic (exact) mass is 366 g/mol. The van der Waals surface area contributed by atoms with E-state index in [1.54, 1.807) is 6.20 Å². The minimum absolute atomic E-state index is 0.100. The number of hydrogen-bond donors (Lipinski definition) is 0. The molecule has 1 aliphatic heterocycles. The molecule has 0 aromatic carbocycles. The first-order valence-corrected chi connectivity index (χ1v) is 9.27. The summed E-state index contributed by atoms with van der Waals surface area (Å²) in [5.74, 6) is 0.794. The second-order valence-corrected chi connectivity index (χ2v) is 8.58. The summed E-state index contributed by atoms with van der Waals surface area (Å²) in [6, 6.07) is 2.07. The van der Waals surface area contributed by atoms with Gasteiger partial charge < -0.3 is 14.5 Å². The molecule has 0 N–H and O–H groups in total. The number of aromatic nitrogens is 2. The van der Waals surface area contributed by atoms with Crippen LogP contribution in [0.3, 0.4) is 0 Å². The van der Waals surface area contributed by atoms with Crippen LogP contribution in [0, 0.1) is 5.41 Å². The van der Waals surface area contributed by atoms with Crippen molar-refractivity contribution in [3.05, 3.63) is 17.5 Å². The van der Waals surface area contributed by atoms with Gasteiger partial charge in [-0.15, -0.1) is 0 Å². The second kappa shape index (κ2) is 6.63. The van der Waals surface area contributed by atoms with Crippen molar-refractivity contribution in [2.45, 2.75) is 58.1 Å². The summed E-state index contributed by atoms with van der Waals surface area (Å²) >= 11 is 5.97. The maximum atomic E-state index is 12.6. The minimum atomic E-state index is -0.482. The molecule has 1 amide bonds. The molecule has 1 unspecified atom stereocenters. The van der Waals surface area contributed by atoms with E-state index in [2.05, 4.69) is 14.9 Å². The van der Waals surface area contributed by atoms with Crippen LogP contribution in [0.4, 0.5) is 10.6 Å². The van der Waals surface area contributed by atoms with E-state index in [1.807, 2.05) is 38.8 Å². The van der Waals surface area contributed by atoms with E-state index in [4.69, 9.17) is 16.3 Å². The fourth-order valence-electron chi connectivity index (χ4n) is 4.20. The highest BCUT2D eigenvalue weighted by Gasteiger charge is 2.51. The summed E-state index contributed by atoms with van der Waals surface area (Å²) in [6.07, 6.45) is 6.10. The molecule has 1 saturated heterocycles. The highest BCUT2D eigenvalue weighted by molar-refractivity contribution is 6.28. The van der Waals surface area contributed by atoms with Crippen LogP contribution in [0.1, 0.15) is 46.5 Å². The smallest absolute Gasteiger partial charge is 0.410 e. The Bertz CT molecular complexity index is 640.